The molecule has 0 fully saturated rings. The van der Waals surface area contributed by atoms with Crippen LogP contribution in [-0.2, 0) is 22.3 Å². The molecule has 186 valence electrons. The number of imide groups is 1. The van der Waals surface area contributed by atoms with Gasteiger partial charge in [0.25, 0.3) is 11.8 Å². The van der Waals surface area contributed by atoms with Gasteiger partial charge in [0.2, 0.25) is 0 Å². The summed E-state index contributed by atoms with van der Waals surface area (Å²) in [5.74, 6) is -1.31. The average molecular weight is 496 g/mol. The Kier molecular flexibility index (Phi) is 5.73. The van der Waals surface area contributed by atoms with E-state index in [1.54, 1.807) is 37.3 Å². The predicted molar refractivity (Wildman–Crippen MR) is 130 cm³/mol. The van der Waals surface area contributed by atoms with Crippen molar-refractivity contribution in [2.75, 3.05) is 20.6 Å². The van der Waals surface area contributed by atoms with Crippen molar-refractivity contribution in [2.45, 2.75) is 18.8 Å². The Morgan fingerprint density at radius 1 is 0.972 bits per heavy atom. The molecule has 10 heteroatoms. The zero-order chi connectivity index (χ0) is 25.8. The molecule has 0 saturated heterocycles. The van der Waals surface area contributed by atoms with Gasteiger partial charge in [-0.25, -0.2) is 0 Å². The first kappa shape index (κ1) is 23.8. The summed E-state index contributed by atoms with van der Waals surface area (Å²) in [5, 5.41) is 13.7. The number of hydrogen-bond acceptors (Lipinski definition) is 4. The van der Waals surface area contributed by atoms with E-state index in [1.165, 1.54) is 22.9 Å². The van der Waals surface area contributed by atoms with Gasteiger partial charge in [0.05, 0.1) is 28.3 Å². The second kappa shape index (κ2) is 8.65. The summed E-state index contributed by atoms with van der Waals surface area (Å²) in [6.07, 6.45) is -2.60. The summed E-state index contributed by atoms with van der Waals surface area (Å²) in [7, 11) is 3.49. The zero-order valence-electron chi connectivity index (χ0n) is 19.5. The van der Waals surface area contributed by atoms with Gasteiger partial charge in [-0.3, -0.25) is 14.9 Å². The van der Waals surface area contributed by atoms with E-state index in [1.807, 2.05) is 12.1 Å². The number of nitrogens with zero attached hydrogens (tertiary/aromatic N) is 2. The molecule has 2 aromatic heterocycles. The van der Waals surface area contributed by atoms with Gasteiger partial charge in [-0.15, -0.1) is 0 Å². The molecule has 1 unspecified atom stereocenters. The number of aromatic amines is 1. The Morgan fingerprint density at radius 3 is 2.33 bits per heavy atom. The fourth-order valence-corrected chi connectivity index (χ4v) is 4.89. The number of halogens is 3. The van der Waals surface area contributed by atoms with Crippen LogP contribution in [0.2, 0.25) is 0 Å². The summed E-state index contributed by atoms with van der Waals surface area (Å²) >= 11 is 0. The summed E-state index contributed by atoms with van der Waals surface area (Å²) < 4.78 is 43.4. The number of nitrogens with one attached hydrogen (secondary N) is 2. The van der Waals surface area contributed by atoms with Crippen LogP contribution in [0.25, 0.3) is 33.0 Å². The minimum absolute atomic E-state index is 0.00470. The van der Waals surface area contributed by atoms with Crippen molar-refractivity contribution in [3.8, 4) is 0 Å². The van der Waals surface area contributed by atoms with E-state index in [0.29, 0.717) is 10.9 Å². The highest BCUT2D eigenvalue weighted by Gasteiger charge is 2.38. The third kappa shape index (κ3) is 3.98. The number of rotatable bonds is 6. The largest absolute Gasteiger partial charge is 0.418 e. The lowest BCUT2D eigenvalue weighted by molar-refractivity contribution is -0.136. The SMILES string of the molecule is CN(C)CC(O)Cn1cc(C2=C(c3c[nH]c4ccccc34)C(=O)NC2=O)c2cccc(C(F)(F)F)c21. The van der Waals surface area contributed by atoms with Crippen LogP contribution in [0.4, 0.5) is 13.2 Å². The van der Waals surface area contributed by atoms with Crippen LogP contribution in [0.1, 0.15) is 16.7 Å². The summed E-state index contributed by atoms with van der Waals surface area (Å²) in [6.45, 7) is 0.0957. The zero-order valence-corrected chi connectivity index (χ0v) is 19.5. The lowest BCUT2D eigenvalue weighted by Gasteiger charge is -2.18. The van der Waals surface area contributed by atoms with E-state index in [-0.39, 0.29) is 40.7 Å². The number of aliphatic hydroxyl groups is 1. The topological polar surface area (TPSA) is 90.4 Å². The van der Waals surface area contributed by atoms with E-state index in [4.69, 9.17) is 0 Å². The van der Waals surface area contributed by atoms with E-state index < -0.39 is 29.7 Å². The summed E-state index contributed by atoms with van der Waals surface area (Å²) in [4.78, 5) is 30.8. The van der Waals surface area contributed by atoms with Crippen molar-refractivity contribution in [2.24, 2.45) is 0 Å². The molecule has 2 aromatic carbocycles. The Morgan fingerprint density at radius 2 is 1.64 bits per heavy atom. The molecular weight excluding hydrogens is 473 g/mol. The van der Waals surface area contributed by atoms with Crippen LogP contribution in [0.5, 0.6) is 0 Å². The van der Waals surface area contributed by atoms with Gasteiger partial charge in [-0.1, -0.05) is 30.3 Å². The number of H-pyrrole nitrogens is 1. The smallest absolute Gasteiger partial charge is 0.390 e. The normalized spacial score (nSPS) is 15.5. The lowest BCUT2D eigenvalue weighted by Crippen LogP contribution is -2.29. The molecule has 0 aliphatic carbocycles. The molecule has 1 aliphatic heterocycles. The number of fused-ring (bicyclic) bond motifs is 2. The maximum absolute atomic E-state index is 14.0. The first-order valence-corrected chi connectivity index (χ1v) is 11.2. The van der Waals surface area contributed by atoms with Crippen LogP contribution in [0, 0.1) is 0 Å². The van der Waals surface area contributed by atoms with Crippen molar-refractivity contribution in [3.63, 3.8) is 0 Å². The number of likely N-dealkylation sites (N-methyl/N-ethyl adjacent to an activating group) is 1. The van der Waals surface area contributed by atoms with Crippen molar-refractivity contribution in [1.29, 1.82) is 0 Å². The molecule has 7 nitrogen and oxygen atoms in total. The summed E-state index contributed by atoms with van der Waals surface area (Å²) in [5.41, 5.74) is 0.456. The van der Waals surface area contributed by atoms with E-state index in [2.05, 4.69) is 10.3 Å². The van der Waals surface area contributed by atoms with E-state index in [9.17, 15) is 27.9 Å². The van der Waals surface area contributed by atoms with Crippen LogP contribution in [0.3, 0.4) is 0 Å². The molecule has 0 spiro atoms. The predicted octanol–water partition coefficient (Wildman–Crippen LogP) is 3.63. The molecule has 2 amide bonds. The van der Waals surface area contributed by atoms with Crippen molar-refractivity contribution < 1.29 is 27.9 Å². The van der Waals surface area contributed by atoms with Gasteiger partial charge in [-0.05, 0) is 26.2 Å². The molecular formula is C26H23F3N4O3. The number of aliphatic hydroxyl groups excluding tert-OH is 1. The van der Waals surface area contributed by atoms with Crippen molar-refractivity contribution in [3.05, 3.63) is 71.5 Å². The Balaban J connectivity index is 1.79. The molecule has 1 aliphatic rings. The number of benzene rings is 2. The number of para-hydroxylation sites is 2. The Hall–Kier alpha value is -3.89. The fraction of sp³-hybridized carbons (Fsp3) is 0.231. The maximum atomic E-state index is 14.0. The number of hydrogen-bond donors (Lipinski definition) is 3. The highest BCUT2D eigenvalue weighted by atomic mass is 19.4. The molecule has 3 N–H and O–H groups in total. The first-order valence-electron chi connectivity index (χ1n) is 11.2. The molecule has 0 saturated carbocycles. The fourth-order valence-electron chi connectivity index (χ4n) is 4.89. The monoisotopic (exact) mass is 496 g/mol. The van der Waals surface area contributed by atoms with Crippen molar-refractivity contribution in [1.82, 2.24) is 19.8 Å². The highest BCUT2D eigenvalue weighted by Crippen LogP contribution is 2.42. The molecule has 0 bridgehead atoms. The van der Waals surface area contributed by atoms with Crippen LogP contribution < -0.4 is 5.32 Å². The minimum atomic E-state index is -4.67. The first-order chi connectivity index (χ1) is 17.1. The number of amides is 2. The summed E-state index contributed by atoms with van der Waals surface area (Å²) in [6, 6.07) is 11.0. The maximum Gasteiger partial charge on any atom is 0.418 e. The van der Waals surface area contributed by atoms with Gasteiger partial charge in [0, 0.05) is 52.9 Å². The molecule has 36 heavy (non-hydrogen) atoms. The van der Waals surface area contributed by atoms with E-state index >= 15 is 0 Å². The third-order valence-electron chi connectivity index (χ3n) is 6.25. The molecule has 1 atom stereocenters. The van der Waals surface area contributed by atoms with Gasteiger partial charge >= 0.3 is 6.18 Å². The number of aromatic nitrogens is 2. The molecule has 0 radical (unpaired) electrons. The second-order valence-electron chi connectivity index (χ2n) is 9.09. The third-order valence-corrected chi connectivity index (χ3v) is 6.25. The quantitative estimate of drug-likeness (QED) is 0.356. The van der Waals surface area contributed by atoms with Gasteiger partial charge < -0.3 is 19.6 Å². The highest BCUT2D eigenvalue weighted by molar-refractivity contribution is 6.50. The Labute approximate surface area is 203 Å². The van der Waals surface area contributed by atoms with Crippen molar-refractivity contribution >= 4 is 44.8 Å². The molecule has 5 rings (SSSR count). The molecule has 4 aromatic rings. The number of alkyl halides is 3. The van der Waals surface area contributed by atoms with Gasteiger partial charge in [0.1, 0.15) is 0 Å². The van der Waals surface area contributed by atoms with Gasteiger partial charge in [-0.2, -0.15) is 13.2 Å². The lowest BCUT2D eigenvalue weighted by atomic mass is 9.95. The second-order valence-corrected chi connectivity index (χ2v) is 9.09. The van der Waals surface area contributed by atoms with Crippen LogP contribution >= 0.6 is 0 Å². The number of carbonyl (C=O) groups excluding carboxylic acids is 2. The average Bonchev–Trinajstić information content (AvgIpc) is 3.45. The Bertz CT molecular complexity index is 1550. The van der Waals surface area contributed by atoms with Crippen LogP contribution in [0.15, 0.2) is 54.9 Å². The van der Waals surface area contributed by atoms with E-state index in [0.717, 1.165) is 11.6 Å². The van der Waals surface area contributed by atoms with Gasteiger partial charge in [0.15, 0.2) is 0 Å². The standard InChI is InChI=1S/C26H23F3N4O3/c1-32(2)11-14(34)12-33-13-18(16-7-5-8-19(23(16)33)26(27,28)29)22-21(24(35)31-25(22)36)17-10-30-20-9-4-3-6-15(17)20/h3-10,13-14,30,34H,11-12H2,1-2H3,(H,31,35,36). The minimum Gasteiger partial charge on any atom is -0.390 e. The number of carbonyl (C=O) groups is 2. The van der Waals surface area contributed by atoms with Crippen LogP contribution in [-0.4, -0.2) is 58.1 Å². The molecule has 3 heterocycles.